The van der Waals surface area contributed by atoms with E-state index in [9.17, 15) is 0 Å². The quantitative estimate of drug-likeness (QED) is 0.807. The average molecular weight is 224 g/mol. The van der Waals surface area contributed by atoms with Gasteiger partial charge in [0.1, 0.15) is 11.5 Å². The maximum Gasteiger partial charge on any atom is 0.122 e. The summed E-state index contributed by atoms with van der Waals surface area (Å²) in [5.41, 5.74) is 5.86. The Hall–Kier alpha value is -0.800. The lowest BCUT2D eigenvalue weighted by atomic mass is 10.1. The van der Waals surface area contributed by atoms with E-state index in [4.69, 9.17) is 10.2 Å². The van der Waals surface area contributed by atoms with Crippen LogP contribution in [0, 0.1) is 12.8 Å². The molecule has 1 aromatic heterocycles. The Balaban J connectivity index is 2.78. The molecule has 0 amide bonds. The lowest BCUT2D eigenvalue weighted by molar-refractivity contribution is 0.168. The molecule has 1 aromatic rings. The summed E-state index contributed by atoms with van der Waals surface area (Å²) in [5, 5.41) is 0. The van der Waals surface area contributed by atoms with Crippen molar-refractivity contribution < 1.29 is 4.42 Å². The third-order valence-corrected chi connectivity index (χ3v) is 2.76. The molecule has 0 bridgehead atoms. The van der Waals surface area contributed by atoms with Crippen LogP contribution in [0.2, 0.25) is 0 Å². The van der Waals surface area contributed by atoms with Gasteiger partial charge < -0.3 is 10.2 Å². The highest BCUT2D eigenvalue weighted by Gasteiger charge is 2.21. The molecule has 0 spiro atoms. The van der Waals surface area contributed by atoms with Gasteiger partial charge >= 0.3 is 0 Å². The van der Waals surface area contributed by atoms with Crippen LogP contribution in [0.3, 0.4) is 0 Å². The standard InChI is InChI=1S/C13H24N2O/c1-5-15(9-10(2)3)12(8-14)13-7-6-11(4)16-13/h6-7,10,12H,5,8-9,14H2,1-4H3. The zero-order valence-electron chi connectivity index (χ0n) is 10.9. The van der Waals surface area contributed by atoms with E-state index in [0.29, 0.717) is 12.5 Å². The first-order valence-corrected chi connectivity index (χ1v) is 6.08. The van der Waals surface area contributed by atoms with E-state index in [2.05, 4.69) is 25.7 Å². The molecule has 0 radical (unpaired) electrons. The Morgan fingerprint density at radius 1 is 1.38 bits per heavy atom. The zero-order valence-corrected chi connectivity index (χ0v) is 10.9. The molecule has 3 heteroatoms. The van der Waals surface area contributed by atoms with Crippen molar-refractivity contribution in [2.45, 2.75) is 33.7 Å². The largest absolute Gasteiger partial charge is 0.465 e. The molecule has 1 heterocycles. The Labute approximate surface area is 98.6 Å². The molecule has 1 rings (SSSR count). The highest BCUT2D eigenvalue weighted by Crippen LogP contribution is 2.22. The second kappa shape index (κ2) is 6.06. The van der Waals surface area contributed by atoms with Crippen LogP contribution in [0.5, 0.6) is 0 Å². The van der Waals surface area contributed by atoms with Gasteiger partial charge in [-0.2, -0.15) is 0 Å². The lowest BCUT2D eigenvalue weighted by Crippen LogP contribution is -2.36. The third kappa shape index (κ3) is 3.35. The molecule has 0 fully saturated rings. The van der Waals surface area contributed by atoms with Gasteiger partial charge in [0, 0.05) is 13.1 Å². The summed E-state index contributed by atoms with van der Waals surface area (Å²) < 4.78 is 5.68. The smallest absolute Gasteiger partial charge is 0.122 e. The van der Waals surface area contributed by atoms with E-state index in [1.807, 2.05) is 19.1 Å². The lowest BCUT2D eigenvalue weighted by Gasteiger charge is -2.29. The molecule has 2 N–H and O–H groups in total. The number of hydrogen-bond donors (Lipinski definition) is 1. The van der Waals surface area contributed by atoms with Crippen molar-refractivity contribution in [1.82, 2.24) is 4.90 Å². The molecule has 3 nitrogen and oxygen atoms in total. The highest BCUT2D eigenvalue weighted by molar-refractivity contribution is 5.10. The average Bonchev–Trinajstić information content (AvgIpc) is 2.64. The van der Waals surface area contributed by atoms with E-state index in [1.54, 1.807) is 0 Å². The zero-order chi connectivity index (χ0) is 12.1. The van der Waals surface area contributed by atoms with Gasteiger partial charge in [-0.15, -0.1) is 0 Å². The van der Waals surface area contributed by atoms with Crippen molar-refractivity contribution >= 4 is 0 Å². The number of nitrogens with zero attached hydrogens (tertiary/aromatic N) is 1. The van der Waals surface area contributed by atoms with Gasteiger partial charge in [-0.1, -0.05) is 20.8 Å². The van der Waals surface area contributed by atoms with Gasteiger partial charge in [0.25, 0.3) is 0 Å². The van der Waals surface area contributed by atoms with Crippen LogP contribution in [-0.4, -0.2) is 24.5 Å². The van der Waals surface area contributed by atoms with Crippen LogP contribution in [0.25, 0.3) is 0 Å². The Kier molecular flexibility index (Phi) is 5.03. The van der Waals surface area contributed by atoms with Crippen molar-refractivity contribution in [3.8, 4) is 0 Å². The van der Waals surface area contributed by atoms with Gasteiger partial charge in [0.15, 0.2) is 0 Å². The molecule has 0 saturated carbocycles. The predicted molar refractivity (Wildman–Crippen MR) is 67.3 cm³/mol. The van der Waals surface area contributed by atoms with Crippen LogP contribution in [0.4, 0.5) is 0 Å². The first-order chi connectivity index (χ1) is 7.58. The number of furan rings is 1. The monoisotopic (exact) mass is 224 g/mol. The van der Waals surface area contributed by atoms with Crippen molar-refractivity contribution in [1.29, 1.82) is 0 Å². The van der Waals surface area contributed by atoms with E-state index in [0.717, 1.165) is 24.6 Å². The van der Waals surface area contributed by atoms with E-state index >= 15 is 0 Å². The summed E-state index contributed by atoms with van der Waals surface area (Å²) in [6.45, 7) is 11.2. The maximum atomic E-state index is 5.86. The van der Waals surface area contributed by atoms with E-state index in [-0.39, 0.29) is 6.04 Å². The number of nitrogens with two attached hydrogens (primary N) is 1. The fourth-order valence-corrected chi connectivity index (χ4v) is 2.02. The summed E-state index contributed by atoms with van der Waals surface area (Å²) in [7, 11) is 0. The van der Waals surface area contributed by atoms with Crippen LogP contribution in [0.15, 0.2) is 16.5 Å². The van der Waals surface area contributed by atoms with Crippen molar-refractivity contribution in [2.75, 3.05) is 19.6 Å². The first-order valence-electron chi connectivity index (χ1n) is 6.08. The SMILES string of the molecule is CCN(CC(C)C)C(CN)c1ccc(C)o1. The normalized spacial score (nSPS) is 13.7. The van der Waals surface area contributed by atoms with Crippen LogP contribution in [-0.2, 0) is 0 Å². The number of rotatable bonds is 6. The van der Waals surface area contributed by atoms with Crippen molar-refractivity contribution in [2.24, 2.45) is 11.7 Å². The Morgan fingerprint density at radius 3 is 2.44 bits per heavy atom. The summed E-state index contributed by atoms with van der Waals surface area (Å²) >= 11 is 0. The third-order valence-electron chi connectivity index (χ3n) is 2.76. The Morgan fingerprint density at radius 2 is 2.06 bits per heavy atom. The molecular formula is C13H24N2O. The molecule has 1 unspecified atom stereocenters. The molecule has 1 atom stereocenters. The molecule has 0 aliphatic carbocycles. The van der Waals surface area contributed by atoms with Gasteiger partial charge in [-0.25, -0.2) is 0 Å². The summed E-state index contributed by atoms with van der Waals surface area (Å²) in [4.78, 5) is 2.38. The molecule has 16 heavy (non-hydrogen) atoms. The van der Waals surface area contributed by atoms with Gasteiger partial charge in [-0.05, 0) is 31.5 Å². The second-order valence-electron chi connectivity index (χ2n) is 4.68. The predicted octanol–water partition coefficient (Wildman–Crippen LogP) is 2.57. The van der Waals surface area contributed by atoms with Crippen LogP contribution in [0.1, 0.15) is 38.3 Å². The number of aryl methyl sites for hydroxylation is 1. The summed E-state index contributed by atoms with van der Waals surface area (Å²) in [6.07, 6.45) is 0. The number of likely N-dealkylation sites (N-methyl/N-ethyl adjacent to an activating group) is 1. The number of hydrogen-bond acceptors (Lipinski definition) is 3. The summed E-state index contributed by atoms with van der Waals surface area (Å²) in [6, 6.07) is 4.25. The van der Waals surface area contributed by atoms with E-state index < -0.39 is 0 Å². The van der Waals surface area contributed by atoms with Gasteiger partial charge in [0.05, 0.1) is 6.04 Å². The van der Waals surface area contributed by atoms with Crippen LogP contribution < -0.4 is 5.73 Å². The molecule has 0 saturated heterocycles. The van der Waals surface area contributed by atoms with Gasteiger partial charge in [0.2, 0.25) is 0 Å². The van der Waals surface area contributed by atoms with E-state index in [1.165, 1.54) is 0 Å². The first kappa shape index (κ1) is 13.3. The van der Waals surface area contributed by atoms with Crippen LogP contribution >= 0.6 is 0 Å². The maximum absolute atomic E-state index is 5.86. The minimum Gasteiger partial charge on any atom is -0.465 e. The fraction of sp³-hybridized carbons (Fsp3) is 0.692. The van der Waals surface area contributed by atoms with Gasteiger partial charge in [-0.3, -0.25) is 4.90 Å². The molecular weight excluding hydrogens is 200 g/mol. The minimum atomic E-state index is 0.209. The fourth-order valence-electron chi connectivity index (χ4n) is 2.02. The second-order valence-corrected chi connectivity index (χ2v) is 4.68. The topological polar surface area (TPSA) is 42.4 Å². The Bertz CT molecular complexity index is 307. The minimum absolute atomic E-state index is 0.209. The molecule has 0 aromatic carbocycles. The van der Waals surface area contributed by atoms with Crippen molar-refractivity contribution in [3.05, 3.63) is 23.7 Å². The highest BCUT2D eigenvalue weighted by atomic mass is 16.3. The van der Waals surface area contributed by atoms with Crippen molar-refractivity contribution in [3.63, 3.8) is 0 Å². The molecule has 0 aliphatic heterocycles. The molecule has 0 aliphatic rings. The summed E-state index contributed by atoms with van der Waals surface area (Å²) in [5.74, 6) is 2.58. The molecule has 92 valence electrons.